The van der Waals surface area contributed by atoms with Crippen LogP contribution in [0.5, 0.6) is 0 Å². The largest absolute Gasteiger partial charge is 0.346 e. The molecule has 0 aliphatic heterocycles. The maximum Gasteiger partial charge on any atom is 0.136 e. The fourth-order valence-corrected chi connectivity index (χ4v) is 1.87. The molecule has 0 bridgehead atoms. The maximum atomic E-state index is 8.75. The Bertz CT molecular complexity index is 645. The number of nitrogens with one attached hydrogen (secondary N) is 1. The van der Waals surface area contributed by atoms with E-state index < -0.39 is 0 Å². The van der Waals surface area contributed by atoms with Crippen LogP contribution in [0.1, 0.15) is 11.4 Å². The number of hydrogen-bond acceptors (Lipinski definition) is 5. The van der Waals surface area contributed by atoms with E-state index in [1.54, 1.807) is 4.90 Å². The molecule has 0 spiro atoms. The van der Waals surface area contributed by atoms with Gasteiger partial charge in [-0.15, -0.1) is 0 Å². The molecule has 102 valence electrons. The topological polar surface area (TPSA) is 64.8 Å². The molecule has 0 amide bonds. The molecule has 1 heterocycles. The third-order valence-electron chi connectivity index (χ3n) is 2.81. The van der Waals surface area contributed by atoms with Gasteiger partial charge in [-0.3, -0.25) is 0 Å². The highest BCUT2D eigenvalue weighted by molar-refractivity contribution is 5.60. The Morgan fingerprint density at radius 1 is 1.25 bits per heavy atom. The number of anilines is 3. The first-order valence-corrected chi connectivity index (χ1v) is 6.36. The molecule has 2 aromatic rings. The highest BCUT2D eigenvalue weighted by Crippen LogP contribution is 2.19. The van der Waals surface area contributed by atoms with Crippen molar-refractivity contribution in [2.24, 2.45) is 0 Å². The van der Waals surface area contributed by atoms with Crippen molar-refractivity contribution in [2.75, 3.05) is 23.8 Å². The second-order valence-electron chi connectivity index (χ2n) is 4.67. The minimum Gasteiger partial charge on any atom is -0.346 e. The number of hydrogen-bond donors (Lipinski definition) is 1. The summed E-state index contributed by atoms with van der Waals surface area (Å²) in [5.74, 6) is 2.12. The summed E-state index contributed by atoms with van der Waals surface area (Å²) in [7, 11) is 1.83. The highest BCUT2D eigenvalue weighted by Gasteiger charge is 2.06. The van der Waals surface area contributed by atoms with E-state index in [0.717, 1.165) is 17.3 Å². The average Bonchev–Trinajstić information content (AvgIpc) is 2.38. The van der Waals surface area contributed by atoms with Gasteiger partial charge >= 0.3 is 0 Å². The Kier molecular flexibility index (Phi) is 4.16. The van der Waals surface area contributed by atoms with E-state index in [2.05, 4.69) is 27.4 Å². The predicted octanol–water partition coefficient (Wildman–Crippen LogP) is 2.80. The standard InChI is InChI=1S/C15H17N5/c1-11-5-4-6-13(9-11)19-14-10-15(18-12(2)17-14)20(3)8-7-16/h4-6,9-10H,8H2,1-3H3,(H,17,18,19). The van der Waals surface area contributed by atoms with Crippen LogP contribution in [0.3, 0.4) is 0 Å². The summed E-state index contributed by atoms with van der Waals surface area (Å²) in [5, 5.41) is 12.0. The number of aromatic nitrogens is 2. The molecule has 2 rings (SSSR count). The lowest BCUT2D eigenvalue weighted by Crippen LogP contribution is -2.19. The Morgan fingerprint density at radius 2 is 2.05 bits per heavy atom. The van der Waals surface area contributed by atoms with Gasteiger partial charge in [-0.2, -0.15) is 5.26 Å². The number of rotatable bonds is 4. The summed E-state index contributed by atoms with van der Waals surface area (Å²) in [6, 6.07) is 12.0. The molecule has 0 fully saturated rings. The molecule has 5 heteroatoms. The van der Waals surface area contributed by atoms with Crippen molar-refractivity contribution < 1.29 is 0 Å². The predicted molar refractivity (Wildman–Crippen MR) is 80.1 cm³/mol. The Balaban J connectivity index is 2.26. The zero-order chi connectivity index (χ0) is 14.5. The second-order valence-corrected chi connectivity index (χ2v) is 4.67. The number of nitrogens with zero attached hydrogens (tertiary/aromatic N) is 4. The summed E-state index contributed by atoms with van der Waals surface area (Å²) >= 11 is 0. The van der Waals surface area contributed by atoms with Crippen LogP contribution in [0.15, 0.2) is 30.3 Å². The van der Waals surface area contributed by atoms with E-state index in [0.29, 0.717) is 12.4 Å². The van der Waals surface area contributed by atoms with Gasteiger partial charge in [-0.05, 0) is 31.5 Å². The minimum absolute atomic E-state index is 0.292. The lowest BCUT2D eigenvalue weighted by Gasteiger charge is -2.16. The summed E-state index contributed by atoms with van der Waals surface area (Å²) in [6.45, 7) is 4.17. The molecule has 0 saturated carbocycles. The van der Waals surface area contributed by atoms with Crippen LogP contribution in [-0.4, -0.2) is 23.6 Å². The van der Waals surface area contributed by atoms with Crippen molar-refractivity contribution in [3.63, 3.8) is 0 Å². The van der Waals surface area contributed by atoms with Crippen LogP contribution in [0.25, 0.3) is 0 Å². The fourth-order valence-electron chi connectivity index (χ4n) is 1.87. The molecule has 5 nitrogen and oxygen atoms in total. The van der Waals surface area contributed by atoms with Crippen molar-refractivity contribution >= 4 is 17.3 Å². The smallest absolute Gasteiger partial charge is 0.136 e. The van der Waals surface area contributed by atoms with Gasteiger partial charge in [0.1, 0.15) is 24.0 Å². The number of aryl methyl sites for hydroxylation is 2. The monoisotopic (exact) mass is 267 g/mol. The number of benzene rings is 1. The van der Waals surface area contributed by atoms with E-state index in [1.807, 2.05) is 45.2 Å². The van der Waals surface area contributed by atoms with Crippen molar-refractivity contribution in [2.45, 2.75) is 13.8 Å². The van der Waals surface area contributed by atoms with E-state index in [-0.39, 0.29) is 0 Å². The molecule has 0 aliphatic carbocycles. The molecule has 1 aromatic heterocycles. The molecular formula is C15H17N5. The third kappa shape index (κ3) is 3.45. The molecule has 0 atom stereocenters. The minimum atomic E-state index is 0.292. The molecule has 0 unspecified atom stereocenters. The summed E-state index contributed by atoms with van der Waals surface area (Å²) in [6.07, 6.45) is 0. The highest BCUT2D eigenvalue weighted by atomic mass is 15.2. The van der Waals surface area contributed by atoms with E-state index in [4.69, 9.17) is 5.26 Å². The van der Waals surface area contributed by atoms with Crippen molar-refractivity contribution in [3.05, 3.63) is 41.7 Å². The summed E-state index contributed by atoms with van der Waals surface area (Å²) in [5.41, 5.74) is 2.17. The first-order chi connectivity index (χ1) is 9.58. The summed E-state index contributed by atoms with van der Waals surface area (Å²) < 4.78 is 0. The zero-order valence-corrected chi connectivity index (χ0v) is 11.9. The van der Waals surface area contributed by atoms with Crippen LogP contribution >= 0.6 is 0 Å². The lowest BCUT2D eigenvalue weighted by molar-refractivity contribution is 0.953. The van der Waals surface area contributed by atoms with Crippen LogP contribution in [-0.2, 0) is 0 Å². The molecule has 0 radical (unpaired) electrons. The van der Waals surface area contributed by atoms with Crippen LogP contribution in [0.4, 0.5) is 17.3 Å². The van der Waals surface area contributed by atoms with Gasteiger partial charge in [-0.1, -0.05) is 12.1 Å². The zero-order valence-electron chi connectivity index (χ0n) is 11.9. The first-order valence-electron chi connectivity index (χ1n) is 6.36. The SMILES string of the molecule is Cc1cccc(Nc2cc(N(C)CC#N)nc(C)n2)c1. The van der Waals surface area contributed by atoms with Gasteiger partial charge in [0, 0.05) is 18.8 Å². The van der Waals surface area contributed by atoms with Crippen molar-refractivity contribution in [1.82, 2.24) is 9.97 Å². The molecule has 1 N–H and O–H groups in total. The van der Waals surface area contributed by atoms with Gasteiger partial charge in [0.2, 0.25) is 0 Å². The molecule has 0 saturated heterocycles. The van der Waals surface area contributed by atoms with Gasteiger partial charge in [0.25, 0.3) is 0 Å². The third-order valence-corrected chi connectivity index (χ3v) is 2.81. The van der Waals surface area contributed by atoms with E-state index in [9.17, 15) is 0 Å². The molecular weight excluding hydrogens is 250 g/mol. The summed E-state index contributed by atoms with van der Waals surface area (Å²) in [4.78, 5) is 10.5. The van der Waals surface area contributed by atoms with Gasteiger partial charge < -0.3 is 10.2 Å². The second kappa shape index (κ2) is 6.02. The Hall–Kier alpha value is -2.61. The first kappa shape index (κ1) is 13.8. The maximum absolute atomic E-state index is 8.75. The average molecular weight is 267 g/mol. The van der Waals surface area contributed by atoms with Crippen LogP contribution < -0.4 is 10.2 Å². The van der Waals surface area contributed by atoms with Crippen molar-refractivity contribution in [1.29, 1.82) is 5.26 Å². The number of nitriles is 1. The molecule has 20 heavy (non-hydrogen) atoms. The van der Waals surface area contributed by atoms with Crippen LogP contribution in [0.2, 0.25) is 0 Å². The normalized spacial score (nSPS) is 9.90. The van der Waals surface area contributed by atoms with Gasteiger partial charge in [-0.25, -0.2) is 9.97 Å². The van der Waals surface area contributed by atoms with Crippen molar-refractivity contribution in [3.8, 4) is 6.07 Å². The van der Waals surface area contributed by atoms with Crippen LogP contribution in [0, 0.1) is 25.2 Å². The van der Waals surface area contributed by atoms with Gasteiger partial charge in [0.15, 0.2) is 0 Å². The Labute approximate surface area is 118 Å². The molecule has 0 aliphatic rings. The van der Waals surface area contributed by atoms with Gasteiger partial charge in [0.05, 0.1) is 6.07 Å². The lowest BCUT2D eigenvalue weighted by atomic mass is 10.2. The Morgan fingerprint density at radius 3 is 2.75 bits per heavy atom. The fraction of sp³-hybridized carbons (Fsp3) is 0.267. The quantitative estimate of drug-likeness (QED) is 0.863. The van der Waals surface area contributed by atoms with E-state index in [1.165, 1.54) is 5.56 Å². The van der Waals surface area contributed by atoms with E-state index >= 15 is 0 Å². The molecule has 1 aromatic carbocycles.